The summed E-state index contributed by atoms with van der Waals surface area (Å²) in [4.78, 5) is 39.8. The lowest BCUT2D eigenvalue weighted by Gasteiger charge is -2.30. The standard InChI is InChI=1S/C29H25Cl2N3O7S/c30-22-12-19-14-34(15-32-27(35)18-5-4-17-7-9-41-24(17)13-18)8-6-21(19)26(31)25(22)28(36)33-23(29(37)38)11-16-2-1-3-20(10-16)42(39)40/h1-5,7,9-10,12-13,23H,6,8,11,14-15H2,(H,32,35)(H,33,36)(H,37,38)(H,39,40)/p-1/t23-/m0/s1. The summed E-state index contributed by atoms with van der Waals surface area (Å²) in [7, 11) is 0. The van der Waals surface area contributed by atoms with Gasteiger partial charge < -0.3 is 24.7 Å². The van der Waals surface area contributed by atoms with Crippen molar-refractivity contribution in [1.29, 1.82) is 0 Å². The Bertz CT molecular complexity index is 1720. The Labute approximate surface area is 252 Å². The number of carbonyl (C=O) groups is 3. The lowest BCUT2D eigenvalue weighted by atomic mass is 9.96. The van der Waals surface area contributed by atoms with E-state index in [-0.39, 0.29) is 39.5 Å². The summed E-state index contributed by atoms with van der Waals surface area (Å²) in [5, 5.41) is 16.2. The van der Waals surface area contributed by atoms with Gasteiger partial charge in [-0.3, -0.25) is 18.7 Å². The topological polar surface area (TPSA) is 152 Å². The Morgan fingerprint density at radius 1 is 1.10 bits per heavy atom. The molecule has 0 spiro atoms. The van der Waals surface area contributed by atoms with E-state index in [0.29, 0.717) is 36.2 Å². The normalized spacial score (nSPS) is 14.6. The first kappa shape index (κ1) is 29.7. The zero-order valence-corrected chi connectivity index (χ0v) is 24.2. The SMILES string of the molecule is O=C(NCN1CCc2c(cc(Cl)c(C(=O)N[C@@H](Cc3cccc(S(=O)[O-])c3)C(=O)O)c2Cl)C1)c1ccc2ccoc2c1. The molecule has 3 aromatic carbocycles. The molecule has 13 heteroatoms. The van der Waals surface area contributed by atoms with Crippen LogP contribution in [0.25, 0.3) is 11.0 Å². The van der Waals surface area contributed by atoms with Crippen LogP contribution in [0.2, 0.25) is 10.0 Å². The molecule has 0 aliphatic carbocycles. The van der Waals surface area contributed by atoms with Crippen LogP contribution in [0.3, 0.4) is 0 Å². The van der Waals surface area contributed by atoms with E-state index in [9.17, 15) is 28.3 Å². The Morgan fingerprint density at radius 2 is 1.90 bits per heavy atom. The van der Waals surface area contributed by atoms with Crippen LogP contribution >= 0.6 is 23.2 Å². The predicted octanol–water partition coefficient (Wildman–Crippen LogP) is 4.15. The van der Waals surface area contributed by atoms with Crippen LogP contribution < -0.4 is 10.6 Å². The van der Waals surface area contributed by atoms with Crippen molar-refractivity contribution in [3.8, 4) is 0 Å². The second-order valence-electron chi connectivity index (χ2n) is 9.78. The first-order valence-corrected chi connectivity index (χ1v) is 14.6. The molecule has 1 aliphatic rings. The van der Waals surface area contributed by atoms with E-state index in [1.165, 1.54) is 18.2 Å². The van der Waals surface area contributed by atoms with Crippen molar-refractivity contribution in [1.82, 2.24) is 15.5 Å². The van der Waals surface area contributed by atoms with Gasteiger partial charge in [0.25, 0.3) is 11.8 Å². The molecular weight excluding hydrogens is 605 g/mol. The van der Waals surface area contributed by atoms with E-state index in [2.05, 4.69) is 10.6 Å². The number of fused-ring (bicyclic) bond motifs is 2. The van der Waals surface area contributed by atoms with Gasteiger partial charge in [-0.25, -0.2) is 4.79 Å². The van der Waals surface area contributed by atoms with Gasteiger partial charge in [0, 0.05) is 35.4 Å². The molecule has 10 nitrogen and oxygen atoms in total. The van der Waals surface area contributed by atoms with Crippen LogP contribution in [0.15, 0.2) is 70.2 Å². The molecule has 1 unspecified atom stereocenters. The third-order valence-corrected chi connectivity index (χ3v) is 8.38. The number of furan rings is 1. The number of nitrogens with one attached hydrogen (secondary N) is 2. The zero-order chi connectivity index (χ0) is 30.0. The molecule has 5 rings (SSSR count). The molecule has 0 saturated heterocycles. The minimum atomic E-state index is -2.48. The number of halogens is 2. The summed E-state index contributed by atoms with van der Waals surface area (Å²) in [5.74, 6) is -2.31. The quantitative estimate of drug-likeness (QED) is 0.234. The van der Waals surface area contributed by atoms with E-state index < -0.39 is 29.0 Å². The molecule has 218 valence electrons. The van der Waals surface area contributed by atoms with Crippen LogP contribution in [-0.2, 0) is 35.3 Å². The van der Waals surface area contributed by atoms with Crippen molar-refractivity contribution in [3.63, 3.8) is 0 Å². The van der Waals surface area contributed by atoms with E-state index in [0.717, 1.165) is 16.5 Å². The first-order valence-electron chi connectivity index (χ1n) is 12.8. The van der Waals surface area contributed by atoms with Gasteiger partial charge in [-0.1, -0.05) is 41.4 Å². The largest absolute Gasteiger partial charge is 0.768 e. The maximum absolute atomic E-state index is 13.2. The van der Waals surface area contributed by atoms with Crippen molar-refractivity contribution in [2.24, 2.45) is 0 Å². The van der Waals surface area contributed by atoms with Gasteiger partial charge >= 0.3 is 5.97 Å². The summed E-state index contributed by atoms with van der Waals surface area (Å²) in [6.45, 7) is 1.23. The minimum absolute atomic E-state index is 0.00716. The van der Waals surface area contributed by atoms with Crippen LogP contribution in [0, 0.1) is 0 Å². The van der Waals surface area contributed by atoms with Crippen molar-refractivity contribution < 1.29 is 32.7 Å². The molecular formula is C29H24Cl2N3O7S-. The molecule has 3 N–H and O–H groups in total. The first-order chi connectivity index (χ1) is 20.1. The average molecular weight is 629 g/mol. The van der Waals surface area contributed by atoms with Crippen molar-refractivity contribution in [3.05, 3.63) is 98.7 Å². The van der Waals surface area contributed by atoms with E-state index in [1.807, 2.05) is 17.0 Å². The number of hydrogen-bond donors (Lipinski definition) is 3. The van der Waals surface area contributed by atoms with Crippen molar-refractivity contribution >= 4 is 63.0 Å². The van der Waals surface area contributed by atoms with E-state index in [1.54, 1.807) is 30.5 Å². The molecule has 2 atom stereocenters. The molecule has 1 aliphatic heterocycles. The highest BCUT2D eigenvalue weighted by atomic mass is 35.5. The lowest BCUT2D eigenvalue weighted by molar-refractivity contribution is -0.139. The number of amides is 2. The van der Waals surface area contributed by atoms with Gasteiger partial charge in [-0.05, 0) is 70.6 Å². The molecule has 0 bridgehead atoms. The zero-order valence-electron chi connectivity index (χ0n) is 21.9. The second kappa shape index (κ2) is 12.6. The average Bonchev–Trinajstić information content (AvgIpc) is 3.43. The second-order valence-corrected chi connectivity index (χ2v) is 11.5. The fourth-order valence-electron chi connectivity index (χ4n) is 4.88. The third kappa shape index (κ3) is 6.50. The summed E-state index contributed by atoms with van der Waals surface area (Å²) < 4.78 is 27.9. The minimum Gasteiger partial charge on any atom is -0.768 e. The summed E-state index contributed by atoms with van der Waals surface area (Å²) in [6, 6.07) is 13.1. The number of carbonyl (C=O) groups excluding carboxylic acids is 2. The number of benzene rings is 3. The van der Waals surface area contributed by atoms with Crippen LogP contribution in [0.1, 0.15) is 37.4 Å². The highest BCUT2D eigenvalue weighted by Crippen LogP contribution is 2.34. The summed E-state index contributed by atoms with van der Waals surface area (Å²) >= 11 is 10.6. The Balaban J connectivity index is 1.25. The number of nitrogens with zero attached hydrogens (tertiary/aromatic N) is 1. The Kier molecular flexibility index (Phi) is 8.95. The number of rotatable bonds is 9. The van der Waals surface area contributed by atoms with Crippen LogP contribution in [-0.4, -0.2) is 55.8 Å². The molecule has 2 heterocycles. The lowest BCUT2D eigenvalue weighted by Crippen LogP contribution is -2.43. The van der Waals surface area contributed by atoms with Crippen LogP contribution in [0.5, 0.6) is 0 Å². The number of hydrogen-bond acceptors (Lipinski definition) is 7. The molecule has 4 aromatic rings. The summed E-state index contributed by atoms with van der Waals surface area (Å²) in [6.07, 6.45) is 1.89. The molecule has 1 aromatic heterocycles. The molecule has 0 saturated carbocycles. The van der Waals surface area contributed by atoms with Gasteiger partial charge in [-0.2, -0.15) is 0 Å². The Morgan fingerprint density at radius 3 is 2.67 bits per heavy atom. The predicted molar refractivity (Wildman–Crippen MR) is 155 cm³/mol. The maximum Gasteiger partial charge on any atom is 0.326 e. The number of aliphatic carboxylic acids is 1. The van der Waals surface area contributed by atoms with Gasteiger partial charge in [0.05, 0.1) is 28.5 Å². The van der Waals surface area contributed by atoms with E-state index in [4.69, 9.17) is 27.6 Å². The monoisotopic (exact) mass is 628 g/mol. The van der Waals surface area contributed by atoms with Crippen molar-refractivity contribution in [2.45, 2.75) is 30.3 Å². The maximum atomic E-state index is 13.2. The molecule has 42 heavy (non-hydrogen) atoms. The van der Waals surface area contributed by atoms with Gasteiger partial charge in [0.2, 0.25) is 0 Å². The Hall–Kier alpha value is -3.74. The van der Waals surface area contributed by atoms with Gasteiger partial charge in [-0.15, -0.1) is 0 Å². The molecule has 0 fully saturated rings. The summed E-state index contributed by atoms with van der Waals surface area (Å²) in [5.41, 5.74) is 2.99. The van der Waals surface area contributed by atoms with Gasteiger partial charge in [0.15, 0.2) is 0 Å². The van der Waals surface area contributed by atoms with Crippen molar-refractivity contribution in [2.75, 3.05) is 13.2 Å². The number of carboxylic acid groups (broad SMARTS) is 1. The smallest absolute Gasteiger partial charge is 0.326 e. The molecule has 2 amide bonds. The highest BCUT2D eigenvalue weighted by Gasteiger charge is 2.28. The van der Waals surface area contributed by atoms with Crippen LogP contribution in [0.4, 0.5) is 0 Å². The highest BCUT2D eigenvalue weighted by molar-refractivity contribution is 7.79. The third-order valence-electron chi connectivity index (χ3n) is 7.03. The van der Waals surface area contributed by atoms with Gasteiger partial charge in [0.1, 0.15) is 11.6 Å². The fraction of sp³-hybridized carbons (Fsp3) is 0.207. The molecule has 0 radical (unpaired) electrons. The fourth-order valence-corrected chi connectivity index (χ4v) is 6.08. The van der Waals surface area contributed by atoms with E-state index >= 15 is 0 Å². The number of carboxylic acids is 1.